The number of hydrogen-bond donors (Lipinski definition) is 2. The summed E-state index contributed by atoms with van der Waals surface area (Å²) in [4.78, 5) is 6.71. The van der Waals surface area contributed by atoms with Gasteiger partial charge in [-0.25, -0.2) is 0 Å². The van der Waals surface area contributed by atoms with Gasteiger partial charge in [0.2, 0.25) is 0 Å². The van der Waals surface area contributed by atoms with Crippen LogP contribution in [0.2, 0.25) is 0 Å². The van der Waals surface area contributed by atoms with Crippen LogP contribution in [0, 0.1) is 0 Å². The average molecular weight is 538 g/mol. The van der Waals surface area contributed by atoms with Crippen LogP contribution in [0.25, 0.3) is 0 Å². The number of aliphatic imine (C=N–C) groups is 1. The van der Waals surface area contributed by atoms with Gasteiger partial charge in [0, 0.05) is 38.9 Å². The van der Waals surface area contributed by atoms with Gasteiger partial charge in [0.25, 0.3) is 0 Å². The van der Waals surface area contributed by atoms with Crippen LogP contribution in [0.1, 0.15) is 30.4 Å². The minimum Gasteiger partial charge on any atom is -0.497 e. The summed E-state index contributed by atoms with van der Waals surface area (Å²) in [5.74, 6) is 2.19. The van der Waals surface area contributed by atoms with Gasteiger partial charge in [0.1, 0.15) is 5.75 Å². The molecule has 0 aromatic heterocycles. The first-order valence-electron chi connectivity index (χ1n) is 10.7. The molecule has 170 valence electrons. The number of methoxy groups -OCH3 is 1. The Kier molecular flexibility index (Phi) is 10.9. The zero-order valence-electron chi connectivity index (χ0n) is 18.8. The monoisotopic (exact) mass is 538 g/mol. The number of anilines is 1. The van der Waals surface area contributed by atoms with Gasteiger partial charge in [-0.15, -0.1) is 24.0 Å². The van der Waals surface area contributed by atoms with E-state index in [9.17, 15) is 0 Å². The lowest BCUT2D eigenvalue weighted by atomic mass is 9.98. The van der Waals surface area contributed by atoms with E-state index >= 15 is 0 Å². The Morgan fingerprint density at radius 1 is 1.06 bits per heavy atom. The normalized spacial score (nSPS) is 15.1. The molecule has 0 aliphatic carbocycles. The molecule has 1 fully saturated rings. The van der Waals surface area contributed by atoms with Gasteiger partial charge in [-0.2, -0.15) is 0 Å². The van der Waals surface area contributed by atoms with Gasteiger partial charge in [0.05, 0.1) is 20.3 Å². The first-order chi connectivity index (χ1) is 14.7. The zero-order chi connectivity index (χ0) is 21.2. The molecule has 1 aliphatic heterocycles. The fourth-order valence-corrected chi connectivity index (χ4v) is 3.56. The summed E-state index contributed by atoms with van der Waals surface area (Å²) in [6.07, 6.45) is 1.03. The van der Waals surface area contributed by atoms with Crippen LogP contribution in [0.5, 0.6) is 5.75 Å². The molecule has 3 rings (SSSR count). The molecule has 0 radical (unpaired) electrons. The van der Waals surface area contributed by atoms with E-state index in [1.54, 1.807) is 7.11 Å². The molecule has 0 saturated carbocycles. The highest BCUT2D eigenvalue weighted by Crippen LogP contribution is 2.21. The smallest absolute Gasteiger partial charge is 0.191 e. The second-order valence-electron chi connectivity index (χ2n) is 7.58. The van der Waals surface area contributed by atoms with E-state index in [-0.39, 0.29) is 24.0 Å². The van der Waals surface area contributed by atoms with E-state index in [0.717, 1.165) is 57.5 Å². The van der Waals surface area contributed by atoms with Crippen molar-refractivity contribution in [2.75, 3.05) is 51.9 Å². The summed E-state index contributed by atoms with van der Waals surface area (Å²) in [5, 5.41) is 6.82. The van der Waals surface area contributed by atoms with Crippen LogP contribution < -0.4 is 20.3 Å². The number of halogens is 1. The molecule has 0 amide bonds. The number of ether oxygens (including phenoxy) is 2. The van der Waals surface area contributed by atoms with Crippen molar-refractivity contribution in [1.82, 2.24) is 10.6 Å². The van der Waals surface area contributed by atoms with Crippen molar-refractivity contribution in [2.45, 2.75) is 25.8 Å². The standard InChI is InChI=1S/C24H34N4O2.HI/c1-19(21-6-10-23(29-3)11-7-21)12-13-26-24(25-2)27-18-20-4-8-22(9-5-20)28-14-16-30-17-15-28;/h4-11,19H,12-18H2,1-3H3,(H2,25,26,27);1H. The quantitative estimate of drug-likeness (QED) is 0.302. The maximum absolute atomic E-state index is 5.43. The minimum absolute atomic E-state index is 0. The van der Waals surface area contributed by atoms with Crippen molar-refractivity contribution in [2.24, 2.45) is 4.99 Å². The molecule has 31 heavy (non-hydrogen) atoms. The van der Waals surface area contributed by atoms with Crippen LogP contribution in [-0.2, 0) is 11.3 Å². The number of benzene rings is 2. The fourth-order valence-electron chi connectivity index (χ4n) is 3.56. The minimum atomic E-state index is 0. The SMILES string of the molecule is CN=C(NCCC(C)c1ccc(OC)cc1)NCc1ccc(N2CCOCC2)cc1.I. The lowest BCUT2D eigenvalue weighted by molar-refractivity contribution is 0.122. The van der Waals surface area contributed by atoms with E-state index in [4.69, 9.17) is 9.47 Å². The number of morpholine rings is 1. The van der Waals surface area contributed by atoms with Crippen molar-refractivity contribution >= 4 is 35.6 Å². The van der Waals surface area contributed by atoms with E-state index in [1.165, 1.54) is 16.8 Å². The van der Waals surface area contributed by atoms with Crippen LogP contribution in [-0.4, -0.2) is 53.0 Å². The Bertz CT molecular complexity index is 790. The number of rotatable bonds is 8. The van der Waals surface area contributed by atoms with Crippen LogP contribution in [0.15, 0.2) is 53.5 Å². The second kappa shape index (κ2) is 13.4. The van der Waals surface area contributed by atoms with Crippen molar-refractivity contribution in [3.63, 3.8) is 0 Å². The summed E-state index contributed by atoms with van der Waals surface area (Å²) in [7, 11) is 3.50. The fraction of sp³-hybridized carbons (Fsp3) is 0.458. The van der Waals surface area contributed by atoms with Crippen LogP contribution in [0.4, 0.5) is 5.69 Å². The molecular weight excluding hydrogens is 503 g/mol. The summed E-state index contributed by atoms with van der Waals surface area (Å²) >= 11 is 0. The van der Waals surface area contributed by atoms with E-state index in [1.807, 2.05) is 19.2 Å². The molecule has 0 spiro atoms. The lowest BCUT2D eigenvalue weighted by Gasteiger charge is -2.29. The van der Waals surface area contributed by atoms with Crippen LogP contribution in [0.3, 0.4) is 0 Å². The molecule has 1 unspecified atom stereocenters. The highest BCUT2D eigenvalue weighted by atomic mass is 127. The molecule has 2 aromatic carbocycles. The van der Waals surface area contributed by atoms with Crippen molar-refractivity contribution < 1.29 is 9.47 Å². The van der Waals surface area contributed by atoms with Gasteiger partial charge in [-0.3, -0.25) is 4.99 Å². The Hall–Kier alpha value is -2.00. The molecule has 7 heteroatoms. The van der Waals surface area contributed by atoms with Gasteiger partial charge in [0.15, 0.2) is 5.96 Å². The Labute approximate surface area is 203 Å². The Morgan fingerprint density at radius 3 is 2.35 bits per heavy atom. The second-order valence-corrected chi connectivity index (χ2v) is 7.58. The Morgan fingerprint density at radius 2 is 1.74 bits per heavy atom. The summed E-state index contributed by atoms with van der Waals surface area (Å²) in [6, 6.07) is 17.0. The third-order valence-corrected chi connectivity index (χ3v) is 5.55. The van der Waals surface area contributed by atoms with E-state index in [2.05, 4.69) is 63.8 Å². The predicted molar refractivity (Wildman–Crippen MR) is 139 cm³/mol. The summed E-state index contributed by atoms with van der Waals surface area (Å²) in [5.41, 5.74) is 3.82. The van der Waals surface area contributed by atoms with Crippen molar-refractivity contribution in [3.05, 3.63) is 59.7 Å². The number of hydrogen-bond acceptors (Lipinski definition) is 4. The van der Waals surface area contributed by atoms with Gasteiger partial charge in [-0.1, -0.05) is 31.2 Å². The van der Waals surface area contributed by atoms with Crippen molar-refractivity contribution in [1.29, 1.82) is 0 Å². The maximum atomic E-state index is 5.43. The van der Waals surface area contributed by atoms with Gasteiger partial charge < -0.3 is 25.0 Å². The average Bonchev–Trinajstić information content (AvgIpc) is 2.82. The molecule has 1 aliphatic rings. The number of nitrogens with one attached hydrogen (secondary N) is 2. The van der Waals surface area contributed by atoms with Gasteiger partial charge >= 0.3 is 0 Å². The molecule has 6 nitrogen and oxygen atoms in total. The molecule has 2 aromatic rings. The third-order valence-electron chi connectivity index (χ3n) is 5.55. The summed E-state index contributed by atoms with van der Waals surface area (Å²) in [6.45, 7) is 7.40. The Balaban J connectivity index is 0.00000341. The first kappa shape index (κ1) is 25.3. The largest absolute Gasteiger partial charge is 0.497 e. The number of nitrogens with zero attached hydrogens (tertiary/aromatic N) is 2. The molecule has 0 bridgehead atoms. The third kappa shape index (κ3) is 7.88. The molecule has 1 heterocycles. The highest BCUT2D eigenvalue weighted by Gasteiger charge is 2.11. The van der Waals surface area contributed by atoms with E-state index < -0.39 is 0 Å². The molecule has 1 saturated heterocycles. The van der Waals surface area contributed by atoms with Gasteiger partial charge in [-0.05, 0) is 47.7 Å². The zero-order valence-corrected chi connectivity index (χ0v) is 21.1. The molecule has 2 N–H and O–H groups in total. The topological polar surface area (TPSA) is 58.1 Å². The lowest BCUT2D eigenvalue weighted by Crippen LogP contribution is -2.37. The molecular formula is C24H35IN4O2. The first-order valence-corrected chi connectivity index (χ1v) is 10.7. The highest BCUT2D eigenvalue weighted by molar-refractivity contribution is 14.0. The van der Waals surface area contributed by atoms with Crippen LogP contribution >= 0.6 is 24.0 Å². The van der Waals surface area contributed by atoms with Crippen molar-refractivity contribution in [3.8, 4) is 5.75 Å². The number of guanidine groups is 1. The summed E-state index contributed by atoms with van der Waals surface area (Å²) < 4.78 is 10.7. The maximum Gasteiger partial charge on any atom is 0.191 e. The predicted octanol–water partition coefficient (Wildman–Crippen LogP) is 4.01. The van der Waals surface area contributed by atoms with E-state index in [0.29, 0.717) is 5.92 Å². The molecule has 1 atom stereocenters.